The van der Waals surface area contributed by atoms with E-state index in [1.165, 1.54) is 0 Å². The van der Waals surface area contributed by atoms with Gasteiger partial charge in [0.15, 0.2) is 0 Å². The molecular formula is C14H18N4O3. The van der Waals surface area contributed by atoms with Gasteiger partial charge in [0.25, 0.3) is 0 Å². The van der Waals surface area contributed by atoms with Crippen molar-refractivity contribution in [3.63, 3.8) is 0 Å². The Balaban J connectivity index is 1.85. The van der Waals surface area contributed by atoms with Gasteiger partial charge in [-0.2, -0.15) is 0 Å². The van der Waals surface area contributed by atoms with Crippen LogP contribution in [-0.2, 0) is 11.3 Å². The molecule has 0 aliphatic rings. The normalized spacial score (nSPS) is 10.7. The second-order valence-corrected chi connectivity index (χ2v) is 4.67. The lowest BCUT2D eigenvalue weighted by Crippen LogP contribution is -2.29. The van der Waals surface area contributed by atoms with Crippen LogP contribution in [0.25, 0.3) is 0 Å². The second-order valence-electron chi connectivity index (χ2n) is 4.67. The zero-order valence-electron chi connectivity index (χ0n) is 12.3. The van der Waals surface area contributed by atoms with Crippen LogP contribution in [0.2, 0.25) is 0 Å². The average molecular weight is 290 g/mol. The summed E-state index contributed by atoms with van der Waals surface area (Å²) in [5, 5.41) is 10.5. The number of likely N-dealkylation sites (N-methyl/N-ethyl adjacent to an activating group) is 1. The first kappa shape index (κ1) is 15.0. The van der Waals surface area contributed by atoms with Crippen LogP contribution in [0.3, 0.4) is 0 Å². The van der Waals surface area contributed by atoms with Crippen molar-refractivity contribution in [3.8, 4) is 5.75 Å². The molecule has 1 aromatic heterocycles. The number of anilines is 1. The number of aryl methyl sites for hydroxylation is 1. The van der Waals surface area contributed by atoms with Crippen molar-refractivity contribution in [2.24, 2.45) is 0 Å². The second kappa shape index (κ2) is 6.85. The molecule has 0 atom stereocenters. The summed E-state index contributed by atoms with van der Waals surface area (Å²) in [5.74, 6) is 1.58. The van der Waals surface area contributed by atoms with Crippen molar-refractivity contribution in [2.75, 3.05) is 26.0 Å². The minimum absolute atomic E-state index is 0.123. The molecule has 0 unspecified atom stereocenters. The van der Waals surface area contributed by atoms with Gasteiger partial charge in [-0.15, -0.1) is 10.2 Å². The van der Waals surface area contributed by atoms with E-state index in [2.05, 4.69) is 15.5 Å². The minimum atomic E-state index is -0.123. The van der Waals surface area contributed by atoms with Gasteiger partial charge < -0.3 is 14.5 Å². The number of carbonyl (C=O) groups excluding carboxylic acids is 1. The topological polar surface area (TPSA) is 80.5 Å². The van der Waals surface area contributed by atoms with Crippen LogP contribution in [0.15, 0.2) is 28.7 Å². The molecule has 2 aromatic rings. The van der Waals surface area contributed by atoms with Gasteiger partial charge in [0, 0.05) is 18.7 Å². The SMILES string of the molecule is COc1cccc(NC(=O)CN(C)Cc2nnc(C)o2)c1. The molecule has 0 aliphatic carbocycles. The highest BCUT2D eigenvalue weighted by molar-refractivity contribution is 5.92. The number of nitrogens with one attached hydrogen (secondary N) is 1. The van der Waals surface area contributed by atoms with Crippen LogP contribution >= 0.6 is 0 Å². The Hall–Kier alpha value is -2.41. The predicted octanol–water partition coefficient (Wildman–Crippen LogP) is 1.46. The molecule has 7 nitrogen and oxygen atoms in total. The van der Waals surface area contributed by atoms with E-state index in [9.17, 15) is 4.79 Å². The third-order valence-corrected chi connectivity index (χ3v) is 2.74. The summed E-state index contributed by atoms with van der Waals surface area (Å²) in [6.45, 7) is 2.37. The number of ether oxygens (including phenoxy) is 1. The molecule has 0 spiro atoms. The monoisotopic (exact) mass is 290 g/mol. The summed E-state index contributed by atoms with van der Waals surface area (Å²) in [5.41, 5.74) is 0.696. The zero-order valence-corrected chi connectivity index (χ0v) is 12.3. The van der Waals surface area contributed by atoms with Crippen LogP contribution in [0.4, 0.5) is 5.69 Å². The fourth-order valence-corrected chi connectivity index (χ4v) is 1.83. The molecule has 7 heteroatoms. The van der Waals surface area contributed by atoms with E-state index in [0.717, 1.165) is 0 Å². The highest BCUT2D eigenvalue weighted by Gasteiger charge is 2.11. The smallest absolute Gasteiger partial charge is 0.238 e. The lowest BCUT2D eigenvalue weighted by atomic mass is 10.3. The van der Waals surface area contributed by atoms with Crippen LogP contribution in [0, 0.1) is 6.92 Å². The van der Waals surface area contributed by atoms with E-state index >= 15 is 0 Å². The number of methoxy groups -OCH3 is 1. The Labute approximate surface area is 122 Å². The van der Waals surface area contributed by atoms with Crippen molar-refractivity contribution in [3.05, 3.63) is 36.0 Å². The molecule has 0 saturated carbocycles. The molecule has 2 rings (SSSR count). The maximum atomic E-state index is 12.0. The van der Waals surface area contributed by atoms with Gasteiger partial charge in [-0.25, -0.2) is 0 Å². The minimum Gasteiger partial charge on any atom is -0.497 e. The van der Waals surface area contributed by atoms with Crippen molar-refractivity contribution in [1.29, 1.82) is 0 Å². The average Bonchev–Trinajstić information content (AvgIpc) is 2.83. The third kappa shape index (κ3) is 4.57. The number of hydrogen-bond donors (Lipinski definition) is 1. The van der Waals surface area contributed by atoms with Crippen molar-refractivity contribution in [2.45, 2.75) is 13.5 Å². The Morgan fingerprint density at radius 2 is 2.24 bits per heavy atom. The van der Waals surface area contributed by atoms with Crippen LogP contribution in [-0.4, -0.2) is 41.7 Å². The molecule has 1 aromatic carbocycles. The number of aromatic nitrogens is 2. The molecule has 112 valence electrons. The Bertz CT molecular complexity index is 612. The molecule has 1 amide bonds. The van der Waals surface area contributed by atoms with Gasteiger partial charge in [0.2, 0.25) is 17.7 Å². The third-order valence-electron chi connectivity index (χ3n) is 2.74. The standard InChI is InChI=1S/C14H18N4O3/c1-10-16-17-14(21-10)9-18(2)8-13(19)15-11-5-4-6-12(7-11)20-3/h4-7H,8-9H2,1-3H3,(H,15,19). The summed E-state index contributed by atoms with van der Waals surface area (Å²) < 4.78 is 10.4. The fraction of sp³-hybridized carbons (Fsp3) is 0.357. The Morgan fingerprint density at radius 3 is 2.90 bits per heavy atom. The van der Waals surface area contributed by atoms with Gasteiger partial charge in [-0.05, 0) is 19.2 Å². The molecule has 0 bridgehead atoms. The van der Waals surface area contributed by atoms with Gasteiger partial charge in [0.05, 0.1) is 20.2 Å². The number of amides is 1. The van der Waals surface area contributed by atoms with Crippen LogP contribution in [0.1, 0.15) is 11.8 Å². The molecule has 1 N–H and O–H groups in total. The quantitative estimate of drug-likeness (QED) is 0.867. The van der Waals surface area contributed by atoms with Crippen LogP contribution < -0.4 is 10.1 Å². The molecule has 0 aliphatic heterocycles. The Kier molecular flexibility index (Phi) is 4.89. The first-order valence-corrected chi connectivity index (χ1v) is 6.48. The fourth-order valence-electron chi connectivity index (χ4n) is 1.83. The summed E-state index contributed by atoms with van der Waals surface area (Å²) in [6, 6.07) is 7.21. The highest BCUT2D eigenvalue weighted by Crippen LogP contribution is 2.16. The largest absolute Gasteiger partial charge is 0.497 e. The first-order chi connectivity index (χ1) is 10.1. The molecule has 0 fully saturated rings. The van der Waals surface area contributed by atoms with Crippen molar-refractivity contribution in [1.82, 2.24) is 15.1 Å². The molecule has 0 radical (unpaired) electrons. The number of benzene rings is 1. The number of carbonyl (C=O) groups is 1. The van der Waals surface area contributed by atoms with Gasteiger partial charge in [-0.3, -0.25) is 9.69 Å². The summed E-state index contributed by atoms with van der Waals surface area (Å²) in [6.07, 6.45) is 0. The van der Waals surface area contributed by atoms with Crippen LogP contribution in [0.5, 0.6) is 5.75 Å². The number of rotatable bonds is 6. The highest BCUT2D eigenvalue weighted by atomic mass is 16.5. The lowest BCUT2D eigenvalue weighted by molar-refractivity contribution is -0.117. The summed E-state index contributed by atoms with van der Waals surface area (Å²) in [7, 11) is 3.39. The van der Waals surface area contributed by atoms with Gasteiger partial charge in [-0.1, -0.05) is 6.07 Å². The first-order valence-electron chi connectivity index (χ1n) is 6.48. The van der Waals surface area contributed by atoms with E-state index in [0.29, 0.717) is 29.8 Å². The van der Waals surface area contributed by atoms with E-state index in [1.54, 1.807) is 25.0 Å². The van der Waals surface area contributed by atoms with Crippen molar-refractivity contribution >= 4 is 11.6 Å². The Morgan fingerprint density at radius 1 is 1.43 bits per heavy atom. The molecular weight excluding hydrogens is 272 g/mol. The zero-order chi connectivity index (χ0) is 15.2. The van der Waals surface area contributed by atoms with E-state index in [-0.39, 0.29) is 12.5 Å². The van der Waals surface area contributed by atoms with Crippen molar-refractivity contribution < 1.29 is 13.9 Å². The summed E-state index contributed by atoms with van der Waals surface area (Å²) >= 11 is 0. The van der Waals surface area contributed by atoms with E-state index < -0.39 is 0 Å². The van der Waals surface area contributed by atoms with E-state index in [4.69, 9.17) is 9.15 Å². The lowest BCUT2D eigenvalue weighted by Gasteiger charge is -2.14. The van der Waals surface area contributed by atoms with Gasteiger partial charge in [0.1, 0.15) is 5.75 Å². The molecule has 21 heavy (non-hydrogen) atoms. The predicted molar refractivity (Wildman–Crippen MR) is 77.0 cm³/mol. The number of hydrogen-bond acceptors (Lipinski definition) is 6. The van der Waals surface area contributed by atoms with E-state index in [1.807, 2.05) is 25.2 Å². The number of nitrogens with zero attached hydrogens (tertiary/aromatic N) is 3. The maximum absolute atomic E-state index is 12.0. The van der Waals surface area contributed by atoms with Gasteiger partial charge >= 0.3 is 0 Å². The molecule has 1 heterocycles. The maximum Gasteiger partial charge on any atom is 0.238 e. The molecule has 0 saturated heterocycles. The summed E-state index contributed by atoms with van der Waals surface area (Å²) in [4.78, 5) is 13.8.